The molecule has 0 saturated heterocycles. The van der Waals surface area contributed by atoms with E-state index in [2.05, 4.69) is 10.4 Å². The van der Waals surface area contributed by atoms with Crippen LogP contribution in [0.2, 0.25) is 0 Å². The first-order valence-electron chi connectivity index (χ1n) is 7.83. The van der Waals surface area contributed by atoms with E-state index in [1.807, 2.05) is 16.9 Å². The van der Waals surface area contributed by atoms with Gasteiger partial charge in [-0.15, -0.1) is 0 Å². The van der Waals surface area contributed by atoms with Crippen molar-refractivity contribution in [2.75, 3.05) is 0 Å². The third-order valence-electron chi connectivity index (χ3n) is 4.34. The number of benzene rings is 1. The molecular weight excluding hydrogens is 312 g/mol. The summed E-state index contributed by atoms with van der Waals surface area (Å²) in [5.74, 6) is -0.842. The summed E-state index contributed by atoms with van der Waals surface area (Å²) in [6, 6.07) is 5.47. The summed E-state index contributed by atoms with van der Waals surface area (Å²) in [6.07, 6.45) is 7.41. The highest BCUT2D eigenvalue weighted by Crippen LogP contribution is 2.29. The maximum Gasteiger partial charge on any atom is 0.311 e. The maximum absolute atomic E-state index is 12.5. The number of hydrogen-bond donors (Lipinski definition) is 2. The van der Waals surface area contributed by atoms with Crippen molar-refractivity contribution in [3.05, 3.63) is 52.3 Å². The van der Waals surface area contributed by atoms with Crippen molar-refractivity contribution in [2.24, 2.45) is 0 Å². The molecule has 1 aliphatic rings. The molecule has 1 aromatic heterocycles. The van der Waals surface area contributed by atoms with Gasteiger partial charge < -0.3 is 10.4 Å². The molecule has 0 spiro atoms. The lowest BCUT2D eigenvalue weighted by Gasteiger charge is -2.32. The van der Waals surface area contributed by atoms with Gasteiger partial charge in [-0.05, 0) is 31.0 Å². The van der Waals surface area contributed by atoms with Crippen LogP contribution in [-0.4, -0.2) is 31.8 Å². The molecule has 0 radical (unpaired) electrons. The smallest absolute Gasteiger partial charge is 0.311 e. The van der Waals surface area contributed by atoms with Crippen LogP contribution in [0.4, 0.5) is 5.69 Å². The minimum atomic E-state index is -0.709. The number of carbonyl (C=O) groups excluding carboxylic acids is 1. The van der Waals surface area contributed by atoms with Crippen LogP contribution in [0.25, 0.3) is 0 Å². The number of rotatable bonds is 4. The highest BCUT2D eigenvalue weighted by molar-refractivity contribution is 5.95. The minimum absolute atomic E-state index is 0.0739. The number of nitrogens with zero attached hydrogens (tertiary/aromatic N) is 3. The second-order valence-electron chi connectivity index (χ2n) is 5.88. The number of nitro groups is 1. The molecule has 3 rings (SSSR count). The van der Waals surface area contributed by atoms with E-state index >= 15 is 0 Å². The third kappa shape index (κ3) is 3.22. The summed E-state index contributed by atoms with van der Waals surface area (Å²) >= 11 is 0. The van der Waals surface area contributed by atoms with Crippen molar-refractivity contribution in [3.8, 4) is 5.75 Å². The van der Waals surface area contributed by atoms with Crippen molar-refractivity contribution in [3.63, 3.8) is 0 Å². The van der Waals surface area contributed by atoms with Gasteiger partial charge >= 0.3 is 5.69 Å². The van der Waals surface area contributed by atoms with Gasteiger partial charge in [0.05, 0.1) is 17.0 Å². The van der Waals surface area contributed by atoms with Gasteiger partial charge in [0, 0.05) is 24.0 Å². The van der Waals surface area contributed by atoms with Crippen molar-refractivity contribution in [1.82, 2.24) is 15.1 Å². The molecule has 1 saturated carbocycles. The normalized spacial score (nSPS) is 20.5. The van der Waals surface area contributed by atoms with Crippen molar-refractivity contribution in [2.45, 2.75) is 37.8 Å². The van der Waals surface area contributed by atoms with E-state index in [4.69, 9.17) is 0 Å². The fourth-order valence-electron chi connectivity index (χ4n) is 3.14. The molecule has 0 aliphatic heterocycles. The molecule has 126 valence electrons. The van der Waals surface area contributed by atoms with E-state index in [1.165, 1.54) is 12.1 Å². The van der Waals surface area contributed by atoms with Crippen LogP contribution in [0.5, 0.6) is 5.75 Å². The van der Waals surface area contributed by atoms with Crippen molar-refractivity contribution < 1.29 is 14.8 Å². The van der Waals surface area contributed by atoms with Gasteiger partial charge in [-0.1, -0.05) is 12.8 Å². The zero-order valence-corrected chi connectivity index (χ0v) is 13.0. The van der Waals surface area contributed by atoms with Crippen LogP contribution in [-0.2, 0) is 0 Å². The van der Waals surface area contributed by atoms with Crippen LogP contribution < -0.4 is 5.32 Å². The van der Waals surface area contributed by atoms with E-state index in [1.54, 1.807) is 6.20 Å². The minimum Gasteiger partial charge on any atom is -0.502 e. The Bertz CT molecular complexity index is 745. The molecular formula is C16H18N4O4. The van der Waals surface area contributed by atoms with Crippen LogP contribution in [0.1, 0.15) is 42.1 Å². The zero-order valence-electron chi connectivity index (χ0n) is 13.0. The molecule has 0 bridgehead atoms. The van der Waals surface area contributed by atoms with E-state index < -0.39 is 16.4 Å². The van der Waals surface area contributed by atoms with Gasteiger partial charge in [-0.3, -0.25) is 19.6 Å². The Morgan fingerprint density at radius 2 is 2.17 bits per heavy atom. The number of nitrogens with one attached hydrogen (secondary N) is 1. The van der Waals surface area contributed by atoms with Gasteiger partial charge in [0.15, 0.2) is 5.75 Å². The largest absolute Gasteiger partial charge is 0.502 e. The molecule has 1 heterocycles. The van der Waals surface area contributed by atoms with Gasteiger partial charge in [0.1, 0.15) is 0 Å². The predicted octanol–water partition coefficient (Wildman–Crippen LogP) is 2.41. The molecule has 2 atom stereocenters. The topological polar surface area (TPSA) is 110 Å². The monoisotopic (exact) mass is 330 g/mol. The fraction of sp³-hybridized carbons (Fsp3) is 0.375. The molecule has 0 unspecified atom stereocenters. The fourth-order valence-corrected chi connectivity index (χ4v) is 3.14. The van der Waals surface area contributed by atoms with Gasteiger partial charge in [-0.25, -0.2) is 0 Å². The molecule has 1 aromatic carbocycles. The lowest BCUT2D eigenvalue weighted by molar-refractivity contribution is -0.385. The highest BCUT2D eigenvalue weighted by Gasteiger charge is 2.29. The Kier molecular flexibility index (Phi) is 4.45. The number of carbonyl (C=O) groups is 1. The molecule has 1 amide bonds. The Hall–Kier alpha value is -2.90. The molecule has 8 heteroatoms. The Morgan fingerprint density at radius 1 is 1.38 bits per heavy atom. The summed E-state index contributed by atoms with van der Waals surface area (Å²) < 4.78 is 1.85. The second-order valence-corrected chi connectivity index (χ2v) is 5.88. The standard InChI is InChI=1S/C16H18N4O4/c21-15-7-6-11(10-14(15)20(23)24)16(22)18-12-4-1-2-5-13(12)19-9-3-8-17-19/h3,6-10,12-13,21H,1-2,4-5H2,(H,18,22)/t12-,13+/m1/s1. The highest BCUT2D eigenvalue weighted by atomic mass is 16.6. The Labute approximate surface area is 138 Å². The van der Waals surface area contributed by atoms with Crippen LogP contribution in [0.15, 0.2) is 36.7 Å². The average Bonchev–Trinajstić information content (AvgIpc) is 3.09. The number of phenolic OH excluding ortho intramolecular Hbond substituents is 1. The van der Waals surface area contributed by atoms with E-state index in [0.29, 0.717) is 0 Å². The maximum atomic E-state index is 12.5. The summed E-state index contributed by atoms with van der Waals surface area (Å²) in [6.45, 7) is 0. The second kappa shape index (κ2) is 6.69. The molecule has 2 N–H and O–H groups in total. The van der Waals surface area contributed by atoms with Crippen LogP contribution >= 0.6 is 0 Å². The number of nitro benzene ring substituents is 1. The lowest BCUT2D eigenvalue weighted by Crippen LogP contribution is -2.43. The van der Waals surface area contributed by atoms with Gasteiger partial charge in [0.2, 0.25) is 0 Å². The predicted molar refractivity (Wildman–Crippen MR) is 85.7 cm³/mol. The number of aromatic hydroxyl groups is 1. The quantitative estimate of drug-likeness (QED) is 0.660. The first-order chi connectivity index (χ1) is 11.6. The average molecular weight is 330 g/mol. The van der Waals surface area contributed by atoms with E-state index in [9.17, 15) is 20.0 Å². The first-order valence-corrected chi connectivity index (χ1v) is 7.83. The number of amides is 1. The Morgan fingerprint density at radius 3 is 2.88 bits per heavy atom. The van der Waals surface area contributed by atoms with Crippen LogP contribution in [0.3, 0.4) is 0 Å². The number of phenols is 1. The SMILES string of the molecule is O=C(N[C@@H]1CCCC[C@@H]1n1cccn1)c1ccc(O)c([N+](=O)[O-])c1. The first kappa shape index (κ1) is 16.0. The Balaban J connectivity index is 1.78. The van der Waals surface area contributed by atoms with Crippen LogP contribution in [0, 0.1) is 10.1 Å². The summed E-state index contributed by atoms with van der Waals surface area (Å²) in [5.41, 5.74) is -0.320. The van der Waals surface area contributed by atoms with Crippen molar-refractivity contribution in [1.29, 1.82) is 0 Å². The van der Waals surface area contributed by atoms with Gasteiger partial charge in [-0.2, -0.15) is 5.10 Å². The number of hydrogen-bond acceptors (Lipinski definition) is 5. The molecule has 8 nitrogen and oxygen atoms in total. The summed E-state index contributed by atoms with van der Waals surface area (Å²) in [5, 5.41) is 27.6. The van der Waals surface area contributed by atoms with E-state index in [-0.39, 0.29) is 23.6 Å². The van der Waals surface area contributed by atoms with Gasteiger partial charge in [0.25, 0.3) is 5.91 Å². The number of aromatic nitrogens is 2. The summed E-state index contributed by atoms with van der Waals surface area (Å²) in [4.78, 5) is 22.7. The zero-order chi connectivity index (χ0) is 17.1. The van der Waals surface area contributed by atoms with E-state index in [0.717, 1.165) is 31.7 Å². The third-order valence-corrected chi connectivity index (χ3v) is 4.34. The van der Waals surface area contributed by atoms with Crippen molar-refractivity contribution >= 4 is 11.6 Å². The molecule has 2 aromatic rings. The molecule has 1 aliphatic carbocycles. The lowest BCUT2D eigenvalue weighted by atomic mass is 9.90. The molecule has 24 heavy (non-hydrogen) atoms. The molecule has 1 fully saturated rings. The summed E-state index contributed by atoms with van der Waals surface area (Å²) in [7, 11) is 0.